The number of nitrogens with zero attached hydrogens (tertiary/aromatic N) is 1. The topological polar surface area (TPSA) is 97.3 Å². The standard InChI is InChI=1S/C33H40Cl2N2O6/c1-5-41-30(32(38)39)18-25-8-10-28(11-9-25)43-15-13-37(33(40)36-31-23(3)16-22(2)17-24(31)4)12-6-7-14-42-29-20-26(34)19-27(35)21-29/h8-11,16-17,19-21,30H,5-7,12-15,18H2,1-4H3,(H,36,40)(H,38,39). The number of amides is 2. The summed E-state index contributed by atoms with van der Waals surface area (Å²) in [5.74, 6) is 0.247. The van der Waals surface area contributed by atoms with Crippen LogP contribution in [0.4, 0.5) is 10.5 Å². The molecule has 0 aliphatic carbocycles. The molecule has 2 amide bonds. The predicted molar refractivity (Wildman–Crippen MR) is 171 cm³/mol. The Labute approximate surface area is 263 Å². The lowest BCUT2D eigenvalue weighted by Crippen LogP contribution is -2.39. The van der Waals surface area contributed by atoms with Crippen molar-refractivity contribution in [3.05, 3.63) is 86.9 Å². The third kappa shape index (κ3) is 11.3. The van der Waals surface area contributed by atoms with Crippen molar-refractivity contribution in [1.29, 1.82) is 0 Å². The number of ether oxygens (including phenoxy) is 3. The number of unbranched alkanes of at least 4 members (excludes halogenated alkanes) is 1. The zero-order valence-corrected chi connectivity index (χ0v) is 26.6. The first kappa shape index (κ1) is 34.0. The highest BCUT2D eigenvalue weighted by molar-refractivity contribution is 6.34. The predicted octanol–water partition coefficient (Wildman–Crippen LogP) is 7.72. The Morgan fingerprint density at radius 2 is 1.49 bits per heavy atom. The monoisotopic (exact) mass is 630 g/mol. The number of hydrogen-bond donors (Lipinski definition) is 2. The van der Waals surface area contributed by atoms with E-state index in [0.29, 0.717) is 54.3 Å². The highest BCUT2D eigenvalue weighted by atomic mass is 35.5. The van der Waals surface area contributed by atoms with Crippen molar-refractivity contribution >= 4 is 40.9 Å². The number of carbonyl (C=O) groups is 2. The van der Waals surface area contributed by atoms with Crippen LogP contribution in [0, 0.1) is 20.8 Å². The molecule has 0 aliphatic rings. The van der Waals surface area contributed by atoms with Crippen molar-refractivity contribution in [1.82, 2.24) is 4.90 Å². The van der Waals surface area contributed by atoms with Gasteiger partial charge in [0.15, 0.2) is 6.10 Å². The summed E-state index contributed by atoms with van der Waals surface area (Å²) in [4.78, 5) is 26.5. The Bertz CT molecular complexity index is 1320. The molecule has 0 radical (unpaired) electrons. The number of anilines is 1. The van der Waals surface area contributed by atoms with E-state index < -0.39 is 12.1 Å². The van der Waals surface area contributed by atoms with Crippen LogP contribution < -0.4 is 14.8 Å². The van der Waals surface area contributed by atoms with Gasteiger partial charge < -0.3 is 29.5 Å². The van der Waals surface area contributed by atoms with Crippen molar-refractivity contribution in [2.45, 2.75) is 53.1 Å². The fraction of sp³-hybridized carbons (Fsp3) is 0.394. The van der Waals surface area contributed by atoms with Crippen LogP contribution in [0.3, 0.4) is 0 Å². The molecule has 2 N–H and O–H groups in total. The van der Waals surface area contributed by atoms with Crippen LogP contribution in [-0.2, 0) is 16.0 Å². The van der Waals surface area contributed by atoms with Gasteiger partial charge in [-0.1, -0.05) is 53.0 Å². The molecule has 232 valence electrons. The molecule has 3 rings (SSSR count). The maximum absolute atomic E-state index is 13.4. The zero-order chi connectivity index (χ0) is 31.4. The van der Waals surface area contributed by atoms with Crippen molar-refractivity contribution in [2.75, 3.05) is 38.2 Å². The molecule has 1 unspecified atom stereocenters. The maximum Gasteiger partial charge on any atom is 0.333 e. The number of carboxylic acids is 1. The van der Waals surface area contributed by atoms with E-state index >= 15 is 0 Å². The highest BCUT2D eigenvalue weighted by Crippen LogP contribution is 2.25. The van der Waals surface area contributed by atoms with Gasteiger partial charge in [-0.3, -0.25) is 0 Å². The Balaban J connectivity index is 1.58. The van der Waals surface area contributed by atoms with Gasteiger partial charge in [-0.05, 0) is 87.6 Å². The normalized spacial score (nSPS) is 11.6. The average molecular weight is 632 g/mol. The van der Waals surface area contributed by atoms with E-state index in [1.807, 2.05) is 45.0 Å². The van der Waals surface area contributed by atoms with Crippen LogP contribution in [0.2, 0.25) is 10.0 Å². The lowest BCUT2D eigenvalue weighted by Gasteiger charge is -2.24. The summed E-state index contributed by atoms with van der Waals surface area (Å²) in [6.07, 6.45) is 0.812. The maximum atomic E-state index is 13.4. The number of halogens is 2. The van der Waals surface area contributed by atoms with Crippen molar-refractivity contribution in [3.8, 4) is 11.5 Å². The lowest BCUT2D eigenvalue weighted by atomic mass is 10.1. The molecule has 0 bridgehead atoms. The Morgan fingerprint density at radius 3 is 2.09 bits per heavy atom. The number of nitrogens with one attached hydrogen (secondary N) is 1. The van der Waals surface area contributed by atoms with E-state index in [0.717, 1.165) is 34.4 Å². The molecule has 43 heavy (non-hydrogen) atoms. The molecule has 0 saturated heterocycles. The molecule has 3 aromatic rings. The third-order valence-corrected chi connectivity index (χ3v) is 7.18. The SMILES string of the molecule is CCOC(Cc1ccc(OCCN(CCCCOc2cc(Cl)cc(Cl)c2)C(=O)Nc2c(C)cc(C)cc2C)cc1)C(=O)O. The quantitative estimate of drug-likeness (QED) is 0.157. The first-order chi connectivity index (χ1) is 20.5. The molecule has 0 aliphatic heterocycles. The summed E-state index contributed by atoms with van der Waals surface area (Å²) in [6, 6.07) is 16.2. The highest BCUT2D eigenvalue weighted by Gasteiger charge is 2.18. The van der Waals surface area contributed by atoms with Crippen molar-refractivity contribution in [2.24, 2.45) is 0 Å². The van der Waals surface area contributed by atoms with Crippen LogP contribution in [0.1, 0.15) is 42.0 Å². The number of benzene rings is 3. The van der Waals surface area contributed by atoms with E-state index in [1.54, 1.807) is 42.2 Å². The fourth-order valence-electron chi connectivity index (χ4n) is 4.71. The first-order valence-electron chi connectivity index (χ1n) is 14.3. The van der Waals surface area contributed by atoms with E-state index in [-0.39, 0.29) is 19.1 Å². The zero-order valence-electron chi connectivity index (χ0n) is 25.1. The average Bonchev–Trinajstić information content (AvgIpc) is 2.93. The largest absolute Gasteiger partial charge is 0.493 e. The summed E-state index contributed by atoms with van der Waals surface area (Å²) in [6.45, 7) is 9.71. The van der Waals surface area contributed by atoms with Crippen molar-refractivity contribution < 1.29 is 28.9 Å². The Hall–Kier alpha value is -3.46. The van der Waals surface area contributed by atoms with E-state index in [4.69, 9.17) is 37.4 Å². The van der Waals surface area contributed by atoms with Crippen LogP contribution in [0.5, 0.6) is 11.5 Å². The van der Waals surface area contributed by atoms with Gasteiger partial charge in [0.05, 0.1) is 13.2 Å². The molecule has 0 aromatic heterocycles. The summed E-state index contributed by atoms with van der Waals surface area (Å²) >= 11 is 12.1. The first-order valence-corrected chi connectivity index (χ1v) is 15.1. The van der Waals surface area contributed by atoms with Gasteiger partial charge in [-0.15, -0.1) is 0 Å². The second-order valence-electron chi connectivity index (χ2n) is 10.3. The number of rotatable bonds is 16. The molecular formula is C33H40Cl2N2O6. The number of aryl methyl sites for hydroxylation is 3. The second-order valence-corrected chi connectivity index (χ2v) is 11.2. The molecule has 10 heteroatoms. The van der Waals surface area contributed by atoms with E-state index in [2.05, 4.69) is 5.32 Å². The van der Waals surface area contributed by atoms with Crippen molar-refractivity contribution in [3.63, 3.8) is 0 Å². The molecule has 0 spiro atoms. The van der Waals surface area contributed by atoms with Gasteiger partial charge in [0.1, 0.15) is 18.1 Å². The fourth-order valence-corrected chi connectivity index (χ4v) is 5.22. The number of carboxylic acid groups (broad SMARTS) is 1. The number of urea groups is 1. The summed E-state index contributed by atoms with van der Waals surface area (Å²) in [5, 5.41) is 13.4. The Kier molecular flexibility index (Phi) is 13.4. The lowest BCUT2D eigenvalue weighted by molar-refractivity contribution is -0.149. The van der Waals surface area contributed by atoms with Crippen LogP contribution in [0.25, 0.3) is 0 Å². The van der Waals surface area contributed by atoms with Gasteiger partial charge in [0, 0.05) is 35.3 Å². The number of aliphatic carboxylic acids is 1. The second kappa shape index (κ2) is 17.0. The molecule has 0 heterocycles. The summed E-state index contributed by atoms with van der Waals surface area (Å²) in [7, 11) is 0. The van der Waals surface area contributed by atoms with Gasteiger partial charge in [0.2, 0.25) is 0 Å². The molecular weight excluding hydrogens is 591 g/mol. The van der Waals surface area contributed by atoms with Crippen LogP contribution in [-0.4, -0.2) is 61.0 Å². The molecule has 1 atom stereocenters. The smallest absolute Gasteiger partial charge is 0.333 e. The molecule has 0 fully saturated rings. The number of carbonyl (C=O) groups excluding carboxylic acids is 1. The minimum atomic E-state index is -0.989. The molecule has 3 aromatic carbocycles. The van der Waals surface area contributed by atoms with E-state index in [9.17, 15) is 14.7 Å². The Morgan fingerprint density at radius 1 is 0.860 bits per heavy atom. The minimum absolute atomic E-state index is 0.202. The van der Waals surface area contributed by atoms with Crippen LogP contribution in [0.15, 0.2) is 54.6 Å². The van der Waals surface area contributed by atoms with Crippen LogP contribution >= 0.6 is 23.2 Å². The van der Waals surface area contributed by atoms with Gasteiger partial charge >= 0.3 is 12.0 Å². The van der Waals surface area contributed by atoms with Gasteiger partial charge in [-0.25, -0.2) is 9.59 Å². The third-order valence-electron chi connectivity index (χ3n) is 6.74. The summed E-state index contributed by atoms with van der Waals surface area (Å²) < 4.78 is 17.0. The number of hydrogen-bond acceptors (Lipinski definition) is 5. The molecule has 8 nitrogen and oxygen atoms in total. The summed E-state index contributed by atoms with van der Waals surface area (Å²) in [5.41, 5.74) is 4.79. The molecule has 0 saturated carbocycles. The van der Waals surface area contributed by atoms with E-state index in [1.165, 1.54) is 0 Å². The minimum Gasteiger partial charge on any atom is -0.493 e. The van der Waals surface area contributed by atoms with Gasteiger partial charge in [-0.2, -0.15) is 0 Å². The van der Waals surface area contributed by atoms with Gasteiger partial charge in [0.25, 0.3) is 0 Å².